The molecule has 0 amide bonds. The molecule has 0 spiro atoms. The second kappa shape index (κ2) is 7.58. The summed E-state index contributed by atoms with van der Waals surface area (Å²) in [4.78, 5) is 0. The summed E-state index contributed by atoms with van der Waals surface area (Å²) >= 11 is 12.1. The highest BCUT2D eigenvalue weighted by Gasteiger charge is 2.11. The molecule has 0 aliphatic heterocycles. The summed E-state index contributed by atoms with van der Waals surface area (Å²) in [7, 11) is 0. The molecule has 0 bridgehead atoms. The van der Waals surface area contributed by atoms with Crippen molar-refractivity contribution in [3.8, 4) is 5.75 Å². The molecule has 2 nitrogen and oxygen atoms in total. The third-order valence-electron chi connectivity index (χ3n) is 3.24. The van der Waals surface area contributed by atoms with Gasteiger partial charge in [-0.15, -0.1) is 0 Å². The maximum atomic E-state index is 6.10. The van der Waals surface area contributed by atoms with Crippen LogP contribution in [0.2, 0.25) is 10.0 Å². The highest BCUT2D eigenvalue weighted by Crippen LogP contribution is 2.29. The van der Waals surface area contributed by atoms with E-state index < -0.39 is 0 Å². The van der Waals surface area contributed by atoms with Crippen molar-refractivity contribution in [3.05, 3.63) is 58.1 Å². The zero-order chi connectivity index (χ0) is 15.2. The number of rotatable bonds is 6. The Labute approximate surface area is 136 Å². The van der Waals surface area contributed by atoms with Crippen LogP contribution in [-0.2, 0) is 0 Å². The van der Waals surface area contributed by atoms with Crippen LogP contribution in [0.3, 0.4) is 0 Å². The summed E-state index contributed by atoms with van der Waals surface area (Å²) in [5, 5.41) is 4.67. The first kappa shape index (κ1) is 16.0. The van der Waals surface area contributed by atoms with Gasteiger partial charge < -0.3 is 10.1 Å². The molecule has 21 heavy (non-hydrogen) atoms. The second-order valence-electron chi connectivity index (χ2n) is 4.74. The van der Waals surface area contributed by atoms with Crippen molar-refractivity contribution >= 4 is 28.9 Å². The molecule has 2 aromatic carbocycles. The van der Waals surface area contributed by atoms with Crippen molar-refractivity contribution in [3.63, 3.8) is 0 Å². The molecule has 0 saturated heterocycles. The number of hydrogen-bond donors (Lipinski definition) is 1. The van der Waals surface area contributed by atoms with Crippen molar-refractivity contribution < 1.29 is 4.74 Å². The molecule has 0 aliphatic rings. The third kappa shape index (κ3) is 4.29. The summed E-state index contributed by atoms with van der Waals surface area (Å²) in [6, 6.07) is 13.9. The van der Waals surface area contributed by atoms with Crippen molar-refractivity contribution in [2.45, 2.75) is 26.3 Å². The Hall–Kier alpha value is -1.38. The summed E-state index contributed by atoms with van der Waals surface area (Å²) in [6.45, 7) is 4.77. The predicted molar refractivity (Wildman–Crippen MR) is 90.7 cm³/mol. The van der Waals surface area contributed by atoms with Gasteiger partial charge in [0, 0.05) is 11.8 Å². The van der Waals surface area contributed by atoms with E-state index in [1.165, 1.54) is 0 Å². The first-order chi connectivity index (χ1) is 10.1. The van der Waals surface area contributed by atoms with Crippen LogP contribution >= 0.6 is 23.2 Å². The predicted octanol–water partition coefficient (Wildman–Crippen LogP) is 5.96. The number of hydrogen-bond acceptors (Lipinski definition) is 2. The molecule has 1 unspecified atom stereocenters. The van der Waals surface area contributed by atoms with Crippen LogP contribution in [-0.4, -0.2) is 6.61 Å². The summed E-state index contributed by atoms with van der Waals surface area (Å²) < 4.78 is 5.52. The molecule has 0 aliphatic carbocycles. The Morgan fingerprint density at radius 2 is 1.86 bits per heavy atom. The van der Waals surface area contributed by atoms with Gasteiger partial charge in [0.05, 0.1) is 22.7 Å². The Morgan fingerprint density at radius 3 is 2.52 bits per heavy atom. The third-order valence-corrected chi connectivity index (χ3v) is 3.98. The summed E-state index contributed by atoms with van der Waals surface area (Å²) in [5.74, 6) is 0.867. The molecular formula is C17H19Cl2NO. The van der Waals surface area contributed by atoms with Gasteiger partial charge >= 0.3 is 0 Å². The van der Waals surface area contributed by atoms with E-state index in [2.05, 4.69) is 12.2 Å². The molecule has 2 aromatic rings. The molecule has 0 aromatic heterocycles. The number of benzene rings is 2. The number of halogens is 2. The highest BCUT2D eigenvalue weighted by molar-refractivity contribution is 6.42. The Balaban J connectivity index is 2.18. The lowest BCUT2D eigenvalue weighted by Crippen LogP contribution is -2.09. The van der Waals surface area contributed by atoms with E-state index in [0.717, 1.165) is 23.4 Å². The van der Waals surface area contributed by atoms with Crippen molar-refractivity contribution in [1.29, 1.82) is 0 Å². The Kier molecular flexibility index (Phi) is 5.77. The Bertz CT molecular complexity index is 601. The van der Waals surface area contributed by atoms with Gasteiger partial charge in [0.15, 0.2) is 0 Å². The minimum absolute atomic E-state index is 0.177. The zero-order valence-corrected chi connectivity index (χ0v) is 13.7. The van der Waals surface area contributed by atoms with Gasteiger partial charge in [-0.1, -0.05) is 42.3 Å². The minimum atomic E-state index is 0.177. The van der Waals surface area contributed by atoms with E-state index >= 15 is 0 Å². The van der Waals surface area contributed by atoms with Crippen LogP contribution in [0.4, 0.5) is 5.69 Å². The molecular weight excluding hydrogens is 305 g/mol. The van der Waals surface area contributed by atoms with Crippen LogP contribution in [0.25, 0.3) is 0 Å². The van der Waals surface area contributed by atoms with E-state index in [1.54, 1.807) is 0 Å². The van der Waals surface area contributed by atoms with E-state index in [0.29, 0.717) is 16.7 Å². The molecule has 4 heteroatoms. The molecule has 0 saturated carbocycles. The summed E-state index contributed by atoms with van der Waals surface area (Å²) in [6.07, 6.45) is 0.941. The van der Waals surface area contributed by atoms with Gasteiger partial charge in [0.25, 0.3) is 0 Å². The second-order valence-corrected chi connectivity index (χ2v) is 5.55. The molecule has 1 atom stereocenters. The van der Waals surface area contributed by atoms with Gasteiger partial charge in [0.2, 0.25) is 0 Å². The molecule has 1 N–H and O–H groups in total. The molecule has 0 heterocycles. The lowest BCUT2D eigenvalue weighted by molar-refractivity contribution is 0.340. The average molecular weight is 324 g/mol. The standard InChI is InChI=1S/C17H19Cl2NO/c1-3-17(12-8-9-15(18)16(19)10-12)20-13-6-5-7-14(11-13)21-4-2/h5-11,17,20H,3-4H2,1-2H3. The van der Waals surface area contributed by atoms with E-state index in [1.807, 2.05) is 49.4 Å². The topological polar surface area (TPSA) is 21.3 Å². The van der Waals surface area contributed by atoms with Crippen LogP contribution in [0, 0.1) is 0 Å². The van der Waals surface area contributed by atoms with Crippen molar-refractivity contribution in [2.24, 2.45) is 0 Å². The minimum Gasteiger partial charge on any atom is -0.494 e. The first-order valence-electron chi connectivity index (χ1n) is 7.08. The lowest BCUT2D eigenvalue weighted by atomic mass is 10.0. The van der Waals surface area contributed by atoms with Gasteiger partial charge in [-0.3, -0.25) is 0 Å². The zero-order valence-electron chi connectivity index (χ0n) is 12.2. The lowest BCUT2D eigenvalue weighted by Gasteiger charge is -2.20. The molecule has 0 fully saturated rings. The van der Waals surface area contributed by atoms with Gasteiger partial charge in [-0.05, 0) is 43.2 Å². The van der Waals surface area contributed by atoms with Crippen molar-refractivity contribution in [1.82, 2.24) is 0 Å². The monoisotopic (exact) mass is 323 g/mol. The first-order valence-corrected chi connectivity index (χ1v) is 7.84. The van der Waals surface area contributed by atoms with E-state index in [9.17, 15) is 0 Å². The fraction of sp³-hybridized carbons (Fsp3) is 0.294. The van der Waals surface area contributed by atoms with E-state index in [4.69, 9.17) is 27.9 Å². The molecule has 2 rings (SSSR count). The van der Waals surface area contributed by atoms with Gasteiger partial charge in [-0.2, -0.15) is 0 Å². The number of nitrogens with one attached hydrogen (secondary N) is 1. The van der Waals surface area contributed by atoms with Crippen molar-refractivity contribution in [2.75, 3.05) is 11.9 Å². The summed E-state index contributed by atoms with van der Waals surface area (Å²) in [5.41, 5.74) is 2.15. The van der Waals surface area contributed by atoms with Crippen LogP contribution in [0.5, 0.6) is 5.75 Å². The fourth-order valence-electron chi connectivity index (χ4n) is 2.19. The highest BCUT2D eigenvalue weighted by atomic mass is 35.5. The van der Waals surface area contributed by atoms with Gasteiger partial charge in [0.1, 0.15) is 5.75 Å². The number of anilines is 1. The maximum absolute atomic E-state index is 6.10. The fourth-order valence-corrected chi connectivity index (χ4v) is 2.50. The van der Waals surface area contributed by atoms with Crippen LogP contribution < -0.4 is 10.1 Å². The maximum Gasteiger partial charge on any atom is 0.121 e. The largest absolute Gasteiger partial charge is 0.494 e. The van der Waals surface area contributed by atoms with Crippen LogP contribution in [0.1, 0.15) is 31.9 Å². The average Bonchev–Trinajstić information content (AvgIpc) is 2.48. The quantitative estimate of drug-likeness (QED) is 0.708. The SMILES string of the molecule is CCOc1cccc(NC(CC)c2ccc(Cl)c(Cl)c2)c1. The smallest absolute Gasteiger partial charge is 0.121 e. The van der Waals surface area contributed by atoms with Gasteiger partial charge in [-0.25, -0.2) is 0 Å². The molecule has 0 radical (unpaired) electrons. The van der Waals surface area contributed by atoms with E-state index in [-0.39, 0.29) is 6.04 Å². The number of ether oxygens (including phenoxy) is 1. The normalized spacial score (nSPS) is 12.0. The molecule has 112 valence electrons. The Morgan fingerprint density at radius 1 is 1.05 bits per heavy atom. The van der Waals surface area contributed by atoms with Crippen LogP contribution in [0.15, 0.2) is 42.5 Å².